The molecule has 1 aliphatic carbocycles. The number of aromatic nitrogens is 3. The summed E-state index contributed by atoms with van der Waals surface area (Å²) in [4.78, 5) is 39.3. The molecule has 2 aromatic heterocycles. The van der Waals surface area contributed by atoms with E-state index >= 15 is 0 Å². The van der Waals surface area contributed by atoms with Crippen LogP contribution in [0.3, 0.4) is 0 Å². The van der Waals surface area contributed by atoms with Crippen molar-refractivity contribution in [3.8, 4) is 0 Å². The van der Waals surface area contributed by atoms with Gasteiger partial charge in [-0.05, 0) is 77.4 Å². The molecule has 9 nitrogen and oxygen atoms in total. The summed E-state index contributed by atoms with van der Waals surface area (Å²) in [5, 5.41) is 14.0. The van der Waals surface area contributed by atoms with Crippen LogP contribution in [0.5, 0.6) is 0 Å². The maximum atomic E-state index is 13.6. The molecule has 1 atom stereocenters. The number of pyridine rings is 1. The monoisotopic (exact) mass is 498 g/mol. The van der Waals surface area contributed by atoms with Crippen LogP contribution in [0.4, 0.5) is 5.95 Å². The quantitative estimate of drug-likeness (QED) is 0.576. The lowest BCUT2D eigenvalue weighted by Crippen LogP contribution is -2.44. The Morgan fingerprint density at radius 3 is 2.53 bits per heavy atom. The summed E-state index contributed by atoms with van der Waals surface area (Å²) < 4.78 is 1.88. The number of carbonyl (C=O) groups excluding carboxylic acids is 1. The van der Waals surface area contributed by atoms with Gasteiger partial charge in [-0.25, -0.2) is 9.97 Å². The summed E-state index contributed by atoms with van der Waals surface area (Å²) in [7, 11) is 3.80. The van der Waals surface area contributed by atoms with Crippen LogP contribution in [0.25, 0.3) is 10.9 Å². The number of hydrogen-bond donors (Lipinski definition) is 2. The number of aliphatic hydroxyl groups is 1. The second-order valence-electron chi connectivity index (χ2n) is 10.9. The maximum Gasteiger partial charge on any atom is 0.261 e. The zero-order chi connectivity index (χ0) is 25.8. The van der Waals surface area contributed by atoms with Gasteiger partial charge >= 0.3 is 0 Å². The van der Waals surface area contributed by atoms with Crippen LogP contribution in [0.15, 0.2) is 17.2 Å². The first kappa shape index (κ1) is 26.5. The van der Waals surface area contributed by atoms with Crippen molar-refractivity contribution in [3.63, 3.8) is 0 Å². The molecule has 4 rings (SSSR count). The molecule has 2 aliphatic rings. The van der Waals surface area contributed by atoms with E-state index in [0.29, 0.717) is 31.0 Å². The van der Waals surface area contributed by atoms with E-state index in [0.717, 1.165) is 62.4 Å². The number of likely N-dealkylation sites (tertiary alicyclic amines) is 1. The number of likely N-dealkylation sites (N-methyl/N-ethyl adjacent to an activating group) is 1. The molecule has 3 heterocycles. The predicted molar refractivity (Wildman–Crippen MR) is 142 cm³/mol. The van der Waals surface area contributed by atoms with Crippen molar-refractivity contribution in [1.82, 2.24) is 24.3 Å². The fourth-order valence-corrected chi connectivity index (χ4v) is 5.68. The molecular weight excluding hydrogens is 456 g/mol. The third kappa shape index (κ3) is 6.06. The Labute approximate surface area is 213 Å². The fraction of sp³-hybridized carbons (Fsp3) is 0.704. The Bertz CT molecular complexity index is 1100. The molecule has 9 heteroatoms. The highest BCUT2D eigenvalue weighted by molar-refractivity contribution is 5.81. The van der Waals surface area contributed by atoms with Gasteiger partial charge in [0.2, 0.25) is 11.9 Å². The number of piperidine rings is 1. The van der Waals surface area contributed by atoms with Crippen molar-refractivity contribution in [2.45, 2.75) is 89.3 Å². The average Bonchev–Trinajstić information content (AvgIpc) is 2.85. The number of fused-ring (bicyclic) bond motifs is 1. The topological polar surface area (TPSA) is 104 Å². The summed E-state index contributed by atoms with van der Waals surface area (Å²) in [6.07, 6.45) is 10.3. The highest BCUT2D eigenvalue weighted by Gasteiger charge is 2.29. The van der Waals surface area contributed by atoms with Crippen LogP contribution >= 0.6 is 0 Å². The summed E-state index contributed by atoms with van der Waals surface area (Å²) in [5.74, 6) is 0.947. The van der Waals surface area contributed by atoms with Crippen LogP contribution in [0.2, 0.25) is 0 Å². The van der Waals surface area contributed by atoms with Gasteiger partial charge in [0.15, 0.2) is 0 Å². The first-order chi connectivity index (χ1) is 17.3. The minimum absolute atomic E-state index is 0.0422. The number of carbonyl (C=O) groups is 1. The zero-order valence-electron chi connectivity index (χ0n) is 22.2. The van der Waals surface area contributed by atoms with Crippen LogP contribution in [0.1, 0.15) is 82.7 Å². The molecule has 0 radical (unpaired) electrons. The molecule has 2 fully saturated rings. The Kier molecular flexibility index (Phi) is 8.62. The smallest absolute Gasteiger partial charge is 0.261 e. The Morgan fingerprint density at radius 1 is 1.19 bits per heavy atom. The number of nitrogens with one attached hydrogen (secondary N) is 1. The Hall–Kier alpha value is -2.52. The Balaban J connectivity index is 1.66. The van der Waals surface area contributed by atoms with E-state index in [9.17, 15) is 14.7 Å². The van der Waals surface area contributed by atoms with E-state index in [1.165, 1.54) is 0 Å². The fourth-order valence-electron chi connectivity index (χ4n) is 5.68. The predicted octanol–water partition coefficient (Wildman–Crippen LogP) is 3.14. The second kappa shape index (κ2) is 11.7. The lowest BCUT2D eigenvalue weighted by atomic mass is 9.82. The average molecular weight is 499 g/mol. The number of rotatable bonds is 8. The van der Waals surface area contributed by atoms with Crippen LogP contribution in [-0.4, -0.2) is 81.2 Å². The molecule has 1 aliphatic heterocycles. The van der Waals surface area contributed by atoms with Gasteiger partial charge in [0.25, 0.3) is 5.56 Å². The second-order valence-corrected chi connectivity index (χ2v) is 10.9. The lowest BCUT2D eigenvalue weighted by Gasteiger charge is -2.34. The number of amides is 1. The molecule has 1 saturated carbocycles. The summed E-state index contributed by atoms with van der Waals surface area (Å²) in [6.45, 7) is 5.99. The third-order valence-electron chi connectivity index (χ3n) is 7.70. The van der Waals surface area contributed by atoms with Crippen LogP contribution in [0, 0.1) is 0 Å². The third-order valence-corrected chi connectivity index (χ3v) is 7.70. The van der Waals surface area contributed by atoms with Gasteiger partial charge in [-0.15, -0.1) is 0 Å². The van der Waals surface area contributed by atoms with Gasteiger partial charge in [0, 0.05) is 37.6 Å². The minimum Gasteiger partial charge on any atom is -0.393 e. The van der Waals surface area contributed by atoms with Gasteiger partial charge < -0.3 is 24.8 Å². The molecule has 0 spiro atoms. The molecule has 0 bridgehead atoms. The van der Waals surface area contributed by atoms with Crippen molar-refractivity contribution in [3.05, 3.63) is 28.3 Å². The normalized spacial score (nSPS) is 22.2. The first-order valence-corrected chi connectivity index (χ1v) is 13.6. The van der Waals surface area contributed by atoms with E-state index in [2.05, 4.69) is 24.1 Å². The molecule has 2 aromatic rings. The van der Waals surface area contributed by atoms with Crippen LogP contribution < -0.4 is 10.9 Å². The highest BCUT2D eigenvalue weighted by Crippen LogP contribution is 2.36. The zero-order valence-corrected chi connectivity index (χ0v) is 22.2. The number of anilines is 1. The SMILES string of the molecule is CCCC(C)Nc1ncc2c(=O)n(C3CCN(C(=O)CN(C)C)CC3)cc([C@H]3CC[C@H](O)CC3)c2n1. The minimum atomic E-state index is -0.246. The molecule has 2 N–H and O–H groups in total. The van der Waals surface area contributed by atoms with Gasteiger partial charge in [-0.2, -0.15) is 0 Å². The molecule has 1 saturated heterocycles. The van der Waals surface area contributed by atoms with Crippen molar-refractivity contribution < 1.29 is 9.90 Å². The van der Waals surface area contributed by atoms with E-state index in [1.54, 1.807) is 6.20 Å². The van der Waals surface area contributed by atoms with E-state index in [-0.39, 0.29) is 35.6 Å². The summed E-state index contributed by atoms with van der Waals surface area (Å²) in [5.41, 5.74) is 1.75. The first-order valence-electron chi connectivity index (χ1n) is 13.6. The van der Waals surface area contributed by atoms with Crippen molar-refractivity contribution in [2.75, 3.05) is 39.0 Å². The maximum absolute atomic E-state index is 13.6. The number of aliphatic hydroxyl groups excluding tert-OH is 1. The van der Waals surface area contributed by atoms with Gasteiger partial charge in [0.1, 0.15) is 0 Å². The van der Waals surface area contributed by atoms with Crippen molar-refractivity contribution >= 4 is 22.8 Å². The van der Waals surface area contributed by atoms with Crippen molar-refractivity contribution in [2.24, 2.45) is 0 Å². The highest BCUT2D eigenvalue weighted by atomic mass is 16.3. The lowest BCUT2D eigenvalue weighted by molar-refractivity contribution is -0.133. The summed E-state index contributed by atoms with van der Waals surface area (Å²) in [6, 6.07) is 0.294. The summed E-state index contributed by atoms with van der Waals surface area (Å²) >= 11 is 0. The molecule has 1 amide bonds. The van der Waals surface area contributed by atoms with E-state index in [4.69, 9.17) is 4.98 Å². The molecule has 198 valence electrons. The van der Waals surface area contributed by atoms with E-state index in [1.807, 2.05) is 34.7 Å². The number of hydrogen-bond acceptors (Lipinski definition) is 7. The van der Waals surface area contributed by atoms with Gasteiger partial charge in [-0.3, -0.25) is 9.59 Å². The molecule has 0 aromatic carbocycles. The Morgan fingerprint density at radius 2 is 1.89 bits per heavy atom. The standard InChI is InChI=1S/C27H42N6O3/c1-5-6-18(2)29-27-28-15-22-25(30-27)23(19-7-9-21(34)10-8-19)16-33(26(22)36)20-11-13-32(14-12-20)24(35)17-31(3)4/h15-16,18-21,34H,5-14,17H2,1-4H3,(H,28,29,30)/t18?,19-,21-. The molecule has 1 unspecified atom stereocenters. The number of nitrogens with zero attached hydrogens (tertiary/aromatic N) is 5. The molecular formula is C27H42N6O3. The van der Waals surface area contributed by atoms with Crippen LogP contribution in [-0.2, 0) is 4.79 Å². The van der Waals surface area contributed by atoms with Gasteiger partial charge in [-0.1, -0.05) is 13.3 Å². The molecule has 36 heavy (non-hydrogen) atoms. The largest absolute Gasteiger partial charge is 0.393 e. The van der Waals surface area contributed by atoms with Crippen molar-refractivity contribution in [1.29, 1.82) is 0 Å². The van der Waals surface area contributed by atoms with Gasteiger partial charge in [0.05, 0.1) is 23.6 Å². The van der Waals surface area contributed by atoms with E-state index < -0.39 is 0 Å².